The molecular weight excluding hydrogens is 449 g/mol. The van der Waals surface area contributed by atoms with Crippen LogP contribution in [0.3, 0.4) is 0 Å². The van der Waals surface area contributed by atoms with Crippen LogP contribution in [0.15, 0.2) is 72.3 Å². The zero-order valence-electron chi connectivity index (χ0n) is 19.7. The Morgan fingerprint density at radius 2 is 1.77 bits per heavy atom. The number of aliphatic hydroxyl groups excluding tert-OH is 1. The molecule has 180 valence electrons. The van der Waals surface area contributed by atoms with E-state index in [0.29, 0.717) is 29.4 Å². The summed E-state index contributed by atoms with van der Waals surface area (Å²) in [6, 6.07) is 15.3. The summed E-state index contributed by atoms with van der Waals surface area (Å²) in [7, 11) is 0. The number of halogens is 1. The number of hydrogen-bond acceptors (Lipinski definition) is 5. The summed E-state index contributed by atoms with van der Waals surface area (Å²) in [5.74, 6) is -1.69. The molecule has 0 aliphatic carbocycles. The Morgan fingerprint density at radius 1 is 1.06 bits per heavy atom. The summed E-state index contributed by atoms with van der Waals surface area (Å²) in [4.78, 5) is 27.5. The van der Waals surface area contributed by atoms with Gasteiger partial charge in [-0.05, 0) is 72.5 Å². The minimum Gasteiger partial charge on any atom is -0.508 e. The molecule has 2 N–H and O–H groups in total. The van der Waals surface area contributed by atoms with Crippen molar-refractivity contribution in [2.75, 3.05) is 11.5 Å². The van der Waals surface area contributed by atoms with Crippen LogP contribution in [-0.2, 0) is 9.59 Å². The van der Waals surface area contributed by atoms with Crippen LogP contribution in [0.5, 0.6) is 11.5 Å². The first-order chi connectivity index (χ1) is 16.7. The van der Waals surface area contributed by atoms with E-state index in [0.717, 1.165) is 16.5 Å². The second-order valence-corrected chi connectivity index (χ2v) is 8.93. The Bertz CT molecular complexity index is 1310. The molecule has 1 amide bonds. The van der Waals surface area contributed by atoms with Crippen LogP contribution in [0.2, 0.25) is 0 Å². The maximum Gasteiger partial charge on any atom is 0.300 e. The Kier molecular flexibility index (Phi) is 6.60. The first-order valence-corrected chi connectivity index (χ1v) is 11.3. The fraction of sp³-hybridized carbons (Fsp3) is 0.214. The molecular formula is C28H26FNO5. The van der Waals surface area contributed by atoms with E-state index in [1.807, 2.05) is 20.8 Å². The molecule has 0 bridgehead atoms. The van der Waals surface area contributed by atoms with Gasteiger partial charge in [0.1, 0.15) is 23.1 Å². The van der Waals surface area contributed by atoms with Gasteiger partial charge in [-0.15, -0.1) is 0 Å². The quantitative estimate of drug-likeness (QED) is 0.279. The summed E-state index contributed by atoms with van der Waals surface area (Å²) >= 11 is 0. The normalized spacial score (nSPS) is 17.3. The number of ketones is 1. The second-order valence-electron chi connectivity index (χ2n) is 8.93. The molecule has 3 aromatic rings. The largest absolute Gasteiger partial charge is 0.508 e. The number of rotatable bonds is 6. The molecule has 1 heterocycles. The molecule has 6 nitrogen and oxygen atoms in total. The zero-order chi connectivity index (χ0) is 25.3. The third-order valence-electron chi connectivity index (χ3n) is 5.76. The minimum atomic E-state index is -1.02. The minimum absolute atomic E-state index is 0.00377. The van der Waals surface area contributed by atoms with Crippen LogP contribution in [0.25, 0.3) is 5.76 Å². The van der Waals surface area contributed by atoms with Crippen molar-refractivity contribution in [2.45, 2.75) is 26.8 Å². The molecule has 0 aromatic heterocycles. The molecule has 7 heteroatoms. The fourth-order valence-corrected chi connectivity index (χ4v) is 4.07. The number of aromatic hydroxyl groups is 1. The number of phenols is 1. The second kappa shape index (κ2) is 9.62. The molecule has 0 radical (unpaired) electrons. The molecule has 0 spiro atoms. The summed E-state index contributed by atoms with van der Waals surface area (Å²) in [5.41, 5.74) is 1.63. The third-order valence-corrected chi connectivity index (χ3v) is 5.76. The molecule has 3 aromatic carbocycles. The molecule has 1 aliphatic rings. The van der Waals surface area contributed by atoms with Crippen molar-refractivity contribution in [1.29, 1.82) is 0 Å². The number of anilines is 1. The first-order valence-electron chi connectivity index (χ1n) is 11.3. The molecule has 1 saturated heterocycles. The van der Waals surface area contributed by atoms with Crippen LogP contribution in [-0.4, -0.2) is 28.5 Å². The smallest absolute Gasteiger partial charge is 0.300 e. The maximum atomic E-state index is 14.0. The fourth-order valence-electron chi connectivity index (χ4n) is 4.07. The number of ether oxygens (including phenoxy) is 1. The van der Waals surface area contributed by atoms with Crippen LogP contribution >= 0.6 is 0 Å². The number of carbonyl (C=O) groups is 2. The number of carbonyl (C=O) groups excluding carboxylic acids is 2. The van der Waals surface area contributed by atoms with Crippen molar-refractivity contribution in [1.82, 2.24) is 0 Å². The number of hydrogen-bond donors (Lipinski definition) is 2. The van der Waals surface area contributed by atoms with Gasteiger partial charge in [0.2, 0.25) is 0 Å². The topological polar surface area (TPSA) is 87.1 Å². The van der Waals surface area contributed by atoms with Crippen molar-refractivity contribution >= 4 is 23.1 Å². The van der Waals surface area contributed by atoms with Gasteiger partial charge < -0.3 is 14.9 Å². The van der Waals surface area contributed by atoms with E-state index >= 15 is 0 Å². The van der Waals surface area contributed by atoms with E-state index in [1.165, 1.54) is 30.3 Å². The van der Waals surface area contributed by atoms with Crippen molar-refractivity contribution in [3.05, 3.63) is 94.8 Å². The number of aliphatic hydroxyl groups is 1. The van der Waals surface area contributed by atoms with Crippen LogP contribution < -0.4 is 9.64 Å². The van der Waals surface area contributed by atoms with Gasteiger partial charge in [-0.25, -0.2) is 4.39 Å². The molecule has 35 heavy (non-hydrogen) atoms. The standard InChI is InChI=1S/C28H26FNO5/c1-16(2)15-35-23-12-9-19(13-17(23)3)26(32)24-25(18-7-10-22(31)11-8-18)30(28(34)27(24)33)21-6-4-5-20(29)14-21/h4-14,16,25,31-32H,15H2,1-3H3/b26-24+. The summed E-state index contributed by atoms with van der Waals surface area (Å²) < 4.78 is 19.8. The Morgan fingerprint density at radius 3 is 2.40 bits per heavy atom. The molecule has 0 saturated carbocycles. The van der Waals surface area contributed by atoms with Gasteiger partial charge in [-0.3, -0.25) is 14.5 Å². The highest BCUT2D eigenvalue weighted by atomic mass is 19.1. The number of amides is 1. The monoisotopic (exact) mass is 475 g/mol. The van der Waals surface area contributed by atoms with Crippen LogP contribution in [0.4, 0.5) is 10.1 Å². The number of aryl methyl sites for hydroxylation is 1. The van der Waals surface area contributed by atoms with E-state index in [2.05, 4.69) is 0 Å². The predicted molar refractivity (Wildman–Crippen MR) is 131 cm³/mol. The highest BCUT2D eigenvalue weighted by Gasteiger charge is 2.47. The lowest BCUT2D eigenvalue weighted by Crippen LogP contribution is -2.29. The predicted octanol–water partition coefficient (Wildman–Crippen LogP) is 5.50. The van der Waals surface area contributed by atoms with Crippen LogP contribution in [0, 0.1) is 18.7 Å². The van der Waals surface area contributed by atoms with Crippen LogP contribution in [0.1, 0.15) is 36.6 Å². The van der Waals surface area contributed by atoms with Gasteiger partial charge in [0.05, 0.1) is 18.2 Å². The summed E-state index contributed by atoms with van der Waals surface area (Å²) in [6.45, 7) is 6.44. The zero-order valence-corrected chi connectivity index (χ0v) is 19.7. The number of phenolic OH excluding ortho intramolecular Hbond substituents is 1. The van der Waals surface area contributed by atoms with Gasteiger partial charge in [0.25, 0.3) is 11.7 Å². The lowest BCUT2D eigenvalue weighted by Gasteiger charge is -2.25. The van der Waals surface area contributed by atoms with E-state index < -0.39 is 23.5 Å². The summed E-state index contributed by atoms with van der Waals surface area (Å²) in [5, 5.41) is 21.0. The van der Waals surface area contributed by atoms with Crippen molar-refractivity contribution in [3.63, 3.8) is 0 Å². The SMILES string of the molecule is Cc1cc(/C(O)=C2\C(=O)C(=O)N(c3cccc(F)c3)C2c2ccc(O)cc2)ccc1OCC(C)C. The average Bonchev–Trinajstić information content (AvgIpc) is 3.08. The van der Waals surface area contributed by atoms with E-state index in [9.17, 15) is 24.2 Å². The molecule has 1 atom stereocenters. The Hall–Kier alpha value is -4.13. The molecule has 1 aliphatic heterocycles. The summed E-state index contributed by atoms with van der Waals surface area (Å²) in [6.07, 6.45) is 0. The van der Waals surface area contributed by atoms with Gasteiger partial charge in [0.15, 0.2) is 0 Å². The van der Waals surface area contributed by atoms with Gasteiger partial charge in [-0.2, -0.15) is 0 Å². The molecule has 1 fully saturated rings. The maximum absolute atomic E-state index is 14.0. The van der Waals surface area contributed by atoms with Gasteiger partial charge in [0, 0.05) is 11.3 Å². The first kappa shape index (κ1) is 24.0. The molecule has 4 rings (SSSR count). The van der Waals surface area contributed by atoms with Crippen molar-refractivity contribution in [2.24, 2.45) is 5.92 Å². The van der Waals surface area contributed by atoms with Crippen molar-refractivity contribution < 1.29 is 28.9 Å². The Balaban J connectivity index is 1.85. The van der Waals surface area contributed by atoms with E-state index in [1.54, 1.807) is 30.3 Å². The number of nitrogens with zero attached hydrogens (tertiary/aromatic N) is 1. The average molecular weight is 476 g/mol. The van der Waals surface area contributed by atoms with Gasteiger partial charge >= 0.3 is 0 Å². The van der Waals surface area contributed by atoms with Crippen molar-refractivity contribution in [3.8, 4) is 11.5 Å². The number of Topliss-reactive ketones (excluding diaryl/α,β-unsaturated/α-hetero) is 1. The molecule has 1 unspecified atom stereocenters. The van der Waals surface area contributed by atoms with Gasteiger partial charge in [-0.1, -0.05) is 32.0 Å². The Labute approximate surface area is 202 Å². The van der Waals surface area contributed by atoms with E-state index in [4.69, 9.17) is 4.74 Å². The lowest BCUT2D eigenvalue weighted by atomic mass is 9.94. The lowest BCUT2D eigenvalue weighted by molar-refractivity contribution is -0.132. The highest BCUT2D eigenvalue weighted by molar-refractivity contribution is 6.51. The highest BCUT2D eigenvalue weighted by Crippen LogP contribution is 2.42. The third kappa shape index (κ3) is 4.75. The number of benzene rings is 3. The van der Waals surface area contributed by atoms with E-state index in [-0.39, 0.29) is 22.8 Å².